The summed E-state index contributed by atoms with van der Waals surface area (Å²) in [6.07, 6.45) is 5.14. The van der Waals surface area contributed by atoms with Crippen LogP contribution in [0.3, 0.4) is 0 Å². The van der Waals surface area contributed by atoms with Crippen LogP contribution in [-0.2, 0) is 6.42 Å². The lowest BCUT2D eigenvalue weighted by Gasteiger charge is -2.27. The van der Waals surface area contributed by atoms with Gasteiger partial charge in [-0.2, -0.15) is 4.98 Å². The van der Waals surface area contributed by atoms with Gasteiger partial charge in [0.05, 0.1) is 17.5 Å². The lowest BCUT2D eigenvalue weighted by molar-refractivity contribution is 0.128. The molecule has 1 amide bonds. The van der Waals surface area contributed by atoms with Gasteiger partial charge in [-0.1, -0.05) is 12.1 Å². The molecule has 130 valence electrons. The molecule has 1 N–H and O–H groups in total. The van der Waals surface area contributed by atoms with Gasteiger partial charge in [0.2, 0.25) is 11.7 Å². The summed E-state index contributed by atoms with van der Waals surface area (Å²) in [5, 5.41) is 13.1. The van der Waals surface area contributed by atoms with Gasteiger partial charge < -0.3 is 18.9 Å². The molecule has 0 unspecified atom stereocenters. The number of carbonyl (C=O) groups is 1. The fraction of sp³-hybridized carbons (Fsp3) is 0.412. The monoisotopic (exact) mass is 341 g/mol. The summed E-state index contributed by atoms with van der Waals surface area (Å²) >= 11 is 0. The predicted molar refractivity (Wildman–Crippen MR) is 89.4 cm³/mol. The quantitative estimate of drug-likeness (QED) is 0.787. The smallest absolute Gasteiger partial charge is 0.407 e. The second kappa shape index (κ2) is 6.19. The van der Waals surface area contributed by atoms with Crippen molar-refractivity contribution in [1.82, 2.24) is 24.4 Å². The number of rotatable bonds is 3. The SMILES string of the molecule is CCc1ncn2ccc(-c3noc(C4CCN(C(=O)O)CC4)n3)cc12. The van der Waals surface area contributed by atoms with Crippen molar-refractivity contribution in [3.8, 4) is 11.4 Å². The number of hydrogen-bond donors (Lipinski definition) is 1. The Morgan fingerprint density at radius 2 is 2.20 bits per heavy atom. The van der Waals surface area contributed by atoms with Gasteiger partial charge in [-0.3, -0.25) is 0 Å². The standard InChI is InChI=1S/C17H19N5O3/c1-2-13-14-9-12(5-8-22(14)10-18-13)15-19-16(25-20-15)11-3-6-21(7-4-11)17(23)24/h5,8-11H,2-4,6-7H2,1H3,(H,23,24). The molecule has 1 aliphatic heterocycles. The van der Waals surface area contributed by atoms with Crippen LogP contribution < -0.4 is 0 Å². The first-order chi connectivity index (χ1) is 12.2. The molecule has 0 aromatic carbocycles. The molecule has 1 fully saturated rings. The van der Waals surface area contributed by atoms with Gasteiger partial charge in [0, 0.05) is 30.8 Å². The van der Waals surface area contributed by atoms with Gasteiger partial charge in [0.15, 0.2) is 0 Å². The second-order valence-electron chi connectivity index (χ2n) is 6.25. The first kappa shape index (κ1) is 15.6. The summed E-state index contributed by atoms with van der Waals surface area (Å²) in [6, 6.07) is 3.96. The Morgan fingerprint density at radius 1 is 1.40 bits per heavy atom. The van der Waals surface area contributed by atoms with Gasteiger partial charge in [-0.05, 0) is 31.4 Å². The number of aryl methyl sites for hydroxylation is 1. The molecule has 8 nitrogen and oxygen atoms in total. The highest BCUT2D eigenvalue weighted by Crippen LogP contribution is 2.29. The van der Waals surface area contributed by atoms with Crippen LogP contribution in [0, 0.1) is 0 Å². The fourth-order valence-corrected chi connectivity index (χ4v) is 3.29. The molecule has 0 spiro atoms. The minimum Gasteiger partial charge on any atom is -0.465 e. The maximum absolute atomic E-state index is 11.0. The Bertz CT molecular complexity index is 908. The molecule has 8 heteroatoms. The van der Waals surface area contributed by atoms with E-state index in [1.165, 1.54) is 4.90 Å². The first-order valence-electron chi connectivity index (χ1n) is 8.43. The number of imidazole rings is 1. The number of carboxylic acid groups (broad SMARTS) is 1. The van der Waals surface area contributed by atoms with Crippen LogP contribution in [0.4, 0.5) is 4.79 Å². The average molecular weight is 341 g/mol. The van der Waals surface area contributed by atoms with E-state index >= 15 is 0 Å². The van der Waals surface area contributed by atoms with Crippen LogP contribution in [0.2, 0.25) is 0 Å². The number of amides is 1. The van der Waals surface area contributed by atoms with E-state index in [0.717, 1.165) is 23.2 Å². The van der Waals surface area contributed by atoms with Crippen molar-refractivity contribution < 1.29 is 14.4 Å². The molecular weight excluding hydrogens is 322 g/mol. The summed E-state index contributed by atoms with van der Waals surface area (Å²) in [4.78, 5) is 21.4. The third-order valence-corrected chi connectivity index (χ3v) is 4.77. The van der Waals surface area contributed by atoms with E-state index in [-0.39, 0.29) is 5.92 Å². The molecule has 1 saturated heterocycles. The zero-order chi connectivity index (χ0) is 17.4. The van der Waals surface area contributed by atoms with Crippen LogP contribution in [-0.4, -0.2) is 48.7 Å². The molecule has 0 aliphatic carbocycles. The molecule has 1 aliphatic rings. The molecule has 4 rings (SSSR count). The summed E-state index contributed by atoms with van der Waals surface area (Å²) in [5.41, 5.74) is 2.97. The van der Waals surface area contributed by atoms with E-state index in [2.05, 4.69) is 22.0 Å². The summed E-state index contributed by atoms with van der Waals surface area (Å²) in [6.45, 7) is 3.07. The summed E-state index contributed by atoms with van der Waals surface area (Å²) in [5.74, 6) is 1.26. The molecule has 0 atom stereocenters. The summed E-state index contributed by atoms with van der Waals surface area (Å²) in [7, 11) is 0. The Kier molecular flexibility index (Phi) is 3.87. The van der Waals surface area contributed by atoms with Gasteiger partial charge in [-0.15, -0.1) is 0 Å². The van der Waals surface area contributed by atoms with E-state index < -0.39 is 6.09 Å². The van der Waals surface area contributed by atoms with E-state index in [4.69, 9.17) is 9.63 Å². The highest BCUT2D eigenvalue weighted by molar-refractivity contribution is 5.66. The zero-order valence-corrected chi connectivity index (χ0v) is 13.9. The van der Waals surface area contributed by atoms with Crippen molar-refractivity contribution in [3.63, 3.8) is 0 Å². The third-order valence-electron chi connectivity index (χ3n) is 4.77. The molecule has 0 saturated carbocycles. The molecule has 0 bridgehead atoms. The molecular formula is C17H19N5O3. The lowest BCUT2D eigenvalue weighted by Crippen LogP contribution is -2.36. The van der Waals surface area contributed by atoms with Crippen molar-refractivity contribution in [2.45, 2.75) is 32.1 Å². The number of fused-ring (bicyclic) bond motifs is 1. The number of hydrogen-bond acceptors (Lipinski definition) is 5. The van der Waals surface area contributed by atoms with Crippen LogP contribution in [0.25, 0.3) is 16.9 Å². The van der Waals surface area contributed by atoms with Gasteiger partial charge in [0.1, 0.15) is 0 Å². The van der Waals surface area contributed by atoms with Gasteiger partial charge >= 0.3 is 6.09 Å². The average Bonchev–Trinajstić information content (AvgIpc) is 3.28. The van der Waals surface area contributed by atoms with Crippen LogP contribution >= 0.6 is 0 Å². The maximum Gasteiger partial charge on any atom is 0.407 e. The van der Waals surface area contributed by atoms with Crippen molar-refractivity contribution >= 4 is 11.6 Å². The Balaban J connectivity index is 1.56. The molecule has 3 aromatic heterocycles. The van der Waals surface area contributed by atoms with Crippen molar-refractivity contribution in [1.29, 1.82) is 0 Å². The Labute approximate surface area is 144 Å². The topological polar surface area (TPSA) is 96.8 Å². The zero-order valence-electron chi connectivity index (χ0n) is 13.9. The van der Waals surface area contributed by atoms with Crippen LogP contribution in [0.15, 0.2) is 29.2 Å². The molecule has 4 heterocycles. The number of pyridine rings is 1. The maximum atomic E-state index is 11.0. The predicted octanol–water partition coefficient (Wildman–Crippen LogP) is 2.80. The van der Waals surface area contributed by atoms with E-state index in [1.54, 1.807) is 6.33 Å². The fourth-order valence-electron chi connectivity index (χ4n) is 3.29. The van der Waals surface area contributed by atoms with E-state index in [9.17, 15) is 4.79 Å². The molecule has 25 heavy (non-hydrogen) atoms. The van der Waals surface area contributed by atoms with Crippen molar-refractivity contribution in [2.24, 2.45) is 0 Å². The minimum absolute atomic E-state index is 0.113. The largest absolute Gasteiger partial charge is 0.465 e. The van der Waals surface area contributed by atoms with E-state index in [0.29, 0.717) is 37.6 Å². The van der Waals surface area contributed by atoms with Gasteiger partial charge in [0.25, 0.3) is 0 Å². The lowest BCUT2D eigenvalue weighted by atomic mass is 9.97. The normalized spacial score (nSPS) is 15.8. The Hall–Kier alpha value is -2.90. The van der Waals surface area contributed by atoms with Gasteiger partial charge in [-0.25, -0.2) is 9.78 Å². The van der Waals surface area contributed by atoms with E-state index in [1.807, 2.05) is 22.7 Å². The number of likely N-dealkylation sites (tertiary alicyclic amines) is 1. The summed E-state index contributed by atoms with van der Waals surface area (Å²) < 4.78 is 7.43. The molecule has 3 aromatic rings. The number of nitrogens with zero attached hydrogens (tertiary/aromatic N) is 5. The van der Waals surface area contributed by atoms with Crippen LogP contribution in [0.5, 0.6) is 0 Å². The highest BCUT2D eigenvalue weighted by atomic mass is 16.5. The minimum atomic E-state index is -0.870. The second-order valence-corrected chi connectivity index (χ2v) is 6.25. The third kappa shape index (κ3) is 2.84. The Morgan fingerprint density at radius 3 is 2.92 bits per heavy atom. The van der Waals surface area contributed by atoms with Crippen molar-refractivity contribution in [2.75, 3.05) is 13.1 Å². The number of aromatic nitrogens is 4. The highest BCUT2D eigenvalue weighted by Gasteiger charge is 2.27. The van der Waals surface area contributed by atoms with Crippen molar-refractivity contribution in [3.05, 3.63) is 36.2 Å². The number of piperidine rings is 1. The van der Waals surface area contributed by atoms with Crippen LogP contribution in [0.1, 0.15) is 37.3 Å². The first-order valence-corrected chi connectivity index (χ1v) is 8.43. The molecule has 0 radical (unpaired) electrons.